The molecule has 1 fully saturated rings. The van der Waals surface area contributed by atoms with Crippen LogP contribution in [0.25, 0.3) is 0 Å². The maximum Gasteiger partial charge on any atom is 0.129 e. The molecular weight excluding hydrogens is 296 g/mol. The molecule has 2 aromatic rings. The van der Waals surface area contributed by atoms with Gasteiger partial charge in [0.25, 0.3) is 0 Å². The van der Waals surface area contributed by atoms with Crippen LogP contribution in [0.15, 0.2) is 30.6 Å². The van der Waals surface area contributed by atoms with E-state index >= 15 is 0 Å². The molecule has 0 radical (unpaired) electrons. The summed E-state index contributed by atoms with van der Waals surface area (Å²) in [5.74, 6) is -0.357. The lowest BCUT2D eigenvalue weighted by atomic mass is 9.91. The molecule has 0 N–H and O–H groups in total. The average molecular weight is 319 g/mol. The molecule has 0 spiro atoms. The van der Waals surface area contributed by atoms with Crippen molar-refractivity contribution in [2.75, 3.05) is 13.1 Å². The van der Waals surface area contributed by atoms with Crippen LogP contribution in [0.1, 0.15) is 30.4 Å². The van der Waals surface area contributed by atoms with E-state index in [1.807, 2.05) is 17.9 Å². The van der Waals surface area contributed by atoms with Crippen molar-refractivity contribution in [2.24, 2.45) is 13.0 Å². The topological polar surface area (TPSA) is 21.1 Å². The van der Waals surface area contributed by atoms with Crippen molar-refractivity contribution in [3.63, 3.8) is 0 Å². The molecule has 5 heteroatoms. The Hall–Kier alpha value is -1.75. The Morgan fingerprint density at radius 2 is 2.17 bits per heavy atom. The summed E-state index contributed by atoms with van der Waals surface area (Å²) in [6.45, 7) is 3.07. The fraction of sp³-hybridized carbons (Fsp3) is 0.500. The van der Waals surface area contributed by atoms with Gasteiger partial charge in [0.05, 0.1) is 6.20 Å². The van der Waals surface area contributed by atoms with Crippen LogP contribution in [0.3, 0.4) is 0 Å². The molecule has 0 amide bonds. The molecule has 124 valence electrons. The Morgan fingerprint density at radius 1 is 1.30 bits per heavy atom. The van der Waals surface area contributed by atoms with Gasteiger partial charge in [-0.1, -0.05) is 6.07 Å². The Labute approximate surface area is 135 Å². The number of nitrogens with zero attached hydrogens (tertiary/aromatic N) is 3. The molecule has 1 atom stereocenters. The van der Waals surface area contributed by atoms with Crippen LogP contribution in [-0.2, 0) is 20.0 Å². The zero-order valence-corrected chi connectivity index (χ0v) is 13.5. The molecule has 23 heavy (non-hydrogen) atoms. The van der Waals surface area contributed by atoms with Gasteiger partial charge >= 0.3 is 0 Å². The number of rotatable bonds is 5. The second-order valence-electron chi connectivity index (χ2n) is 6.54. The van der Waals surface area contributed by atoms with Crippen molar-refractivity contribution >= 4 is 0 Å². The van der Waals surface area contributed by atoms with E-state index in [1.54, 1.807) is 6.07 Å². The number of hydrogen-bond acceptors (Lipinski definition) is 2. The van der Waals surface area contributed by atoms with Gasteiger partial charge in [0.15, 0.2) is 0 Å². The summed E-state index contributed by atoms with van der Waals surface area (Å²) < 4.78 is 28.5. The zero-order valence-electron chi connectivity index (χ0n) is 13.5. The molecule has 1 aliphatic rings. The third-order valence-electron chi connectivity index (χ3n) is 4.60. The highest BCUT2D eigenvalue weighted by Crippen LogP contribution is 2.23. The van der Waals surface area contributed by atoms with Crippen molar-refractivity contribution in [1.82, 2.24) is 14.7 Å². The number of likely N-dealkylation sites (tertiary alicyclic amines) is 1. The van der Waals surface area contributed by atoms with Gasteiger partial charge in [-0.3, -0.25) is 9.58 Å². The summed E-state index contributed by atoms with van der Waals surface area (Å²) in [5, 5.41) is 4.21. The number of hydrogen-bond donors (Lipinski definition) is 0. The fourth-order valence-electron chi connectivity index (χ4n) is 3.43. The molecule has 0 bridgehead atoms. The Kier molecular flexibility index (Phi) is 5.06. The van der Waals surface area contributed by atoms with Gasteiger partial charge in [0, 0.05) is 38.0 Å². The predicted octanol–water partition coefficient (Wildman–Crippen LogP) is 3.54. The van der Waals surface area contributed by atoms with Crippen molar-refractivity contribution in [3.05, 3.63) is 53.4 Å². The summed E-state index contributed by atoms with van der Waals surface area (Å²) in [5.41, 5.74) is 1.86. The largest absolute Gasteiger partial charge is 0.299 e. The lowest BCUT2D eigenvalue weighted by molar-refractivity contribution is 0.161. The molecule has 1 saturated heterocycles. The molecule has 0 saturated carbocycles. The van der Waals surface area contributed by atoms with Crippen LogP contribution in [0.4, 0.5) is 8.78 Å². The van der Waals surface area contributed by atoms with E-state index in [4.69, 9.17) is 0 Å². The Bertz CT molecular complexity index is 653. The summed E-state index contributed by atoms with van der Waals surface area (Å²) in [4.78, 5) is 2.45. The number of halogens is 2. The van der Waals surface area contributed by atoms with Crippen LogP contribution in [0, 0.1) is 17.6 Å². The Morgan fingerprint density at radius 3 is 2.91 bits per heavy atom. The standard InChI is InChI=1S/C18H23F2N3/c1-22-11-15(10-21-22)13-23-8-2-3-14(12-23)4-5-16-6-7-17(19)9-18(16)20/h6-7,9-11,14H,2-5,8,12-13H2,1H3/t14-/m1/s1. The minimum atomic E-state index is -0.508. The van der Waals surface area contributed by atoms with Gasteiger partial charge in [-0.15, -0.1) is 0 Å². The predicted molar refractivity (Wildman–Crippen MR) is 85.9 cm³/mol. The summed E-state index contributed by atoms with van der Waals surface area (Å²) >= 11 is 0. The molecule has 0 aliphatic carbocycles. The van der Waals surface area contributed by atoms with Gasteiger partial charge in [-0.05, 0) is 49.8 Å². The maximum atomic E-state index is 13.7. The van der Waals surface area contributed by atoms with Crippen molar-refractivity contribution in [3.8, 4) is 0 Å². The van der Waals surface area contributed by atoms with Crippen molar-refractivity contribution < 1.29 is 8.78 Å². The SMILES string of the molecule is Cn1cc(CN2CCC[C@H](CCc3ccc(F)cc3F)C2)cn1. The molecule has 1 aromatic heterocycles. The highest BCUT2D eigenvalue weighted by Gasteiger charge is 2.20. The quantitative estimate of drug-likeness (QED) is 0.840. The van der Waals surface area contributed by atoms with Crippen LogP contribution in [0.2, 0.25) is 0 Å². The minimum Gasteiger partial charge on any atom is -0.299 e. The summed E-state index contributed by atoms with van der Waals surface area (Å²) in [7, 11) is 1.93. The monoisotopic (exact) mass is 319 g/mol. The smallest absolute Gasteiger partial charge is 0.129 e. The van der Waals surface area contributed by atoms with Gasteiger partial charge in [-0.25, -0.2) is 8.78 Å². The highest BCUT2D eigenvalue weighted by molar-refractivity contribution is 5.18. The molecule has 1 aromatic carbocycles. The first-order valence-electron chi connectivity index (χ1n) is 8.24. The van der Waals surface area contributed by atoms with E-state index in [2.05, 4.69) is 16.2 Å². The summed E-state index contributed by atoms with van der Waals surface area (Å²) in [6.07, 6.45) is 7.96. The van der Waals surface area contributed by atoms with E-state index < -0.39 is 11.6 Å². The van der Waals surface area contributed by atoms with E-state index in [-0.39, 0.29) is 0 Å². The zero-order chi connectivity index (χ0) is 16.2. The van der Waals surface area contributed by atoms with Gasteiger partial charge in [-0.2, -0.15) is 5.10 Å². The van der Waals surface area contributed by atoms with Crippen LogP contribution in [-0.4, -0.2) is 27.8 Å². The fourth-order valence-corrected chi connectivity index (χ4v) is 3.43. The molecule has 1 aliphatic heterocycles. The van der Waals surface area contributed by atoms with Crippen LogP contribution < -0.4 is 0 Å². The van der Waals surface area contributed by atoms with Crippen LogP contribution in [0.5, 0.6) is 0 Å². The molecule has 2 heterocycles. The van der Waals surface area contributed by atoms with E-state index in [1.165, 1.54) is 24.5 Å². The number of piperidine rings is 1. The second kappa shape index (κ2) is 7.21. The number of benzene rings is 1. The number of aromatic nitrogens is 2. The average Bonchev–Trinajstić information content (AvgIpc) is 2.92. The molecule has 3 nitrogen and oxygen atoms in total. The minimum absolute atomic E-state index is 0.423. The second-order valence-corrected chi connectivity index (χ2v) is 6.54. The molecule has 3 rings (SSSR count). The molecular formula is C18H23F2N3. The maximum absolute atomic E-state index is 13.7. The number of aryl methyl sites for hydroxylation is 2. The van der Waals surface area contributed by atoms with Gasteiger partial charge in [0.2, 0.25) is 0 Å². The lowest BCUT2D eigenvalue weighted by Crippen LogP contribution is -2.35. The highest BCUT2D eigenvalue weighted by atomic mass is 19.1. The first-order chi connectivity index (χ1) is 11.1. The van der Waals surface area contributed by atoms with Crippen LogP contribution >= 0.6 is 0 Å². The lowest BCUT2D eigenvalue weighted by Gasteiger charge is -2.32. The summed E-state index contributed by atoms with van der Waals surface area (Å²) in [6, 6.07) is 3.89. The first-order valence-corrected chi connectivity index (χ1v) is 8.24. The van der Waals surface area contributed by atoms with E-state index in [0.29, 0.717) is 17.9 Å². The first kappa shape index (κ1) is 16.1. The van der Waals surface area contributed by atoms with Gasteiger partial charge < -0.3 is 0 Å². The van der Waals surface area contributed by atoms with Gasteiger partial charge in [0.1, 0.15) is 11.6 Å². The normalized spacial score (nSPS) is 19.2. The third kappa shape index (κ3) is 4.38. The Balaban J connectivity index is 1.52. The molecule has 0 unspecified atom stereocenters. The van der Waals surface area contributed by atoms with Crippen molar-refractivity contribution in [2.45, 2.75) is 32.2 Å². The van der Waals surface area contributed by atoms with Crippen molar-refractivity contribution in [1.29, 1.82) is 0 Å². The van der Waals surface area contributed by atoms with E-state index in [0.717, 1.165) is 32.1 Å². The van der Waals surface area contributed by atoms with E-state index in [9.17, 15) is 8.78 Å². The third-order valence-corrected chi connectivity index (χ3v) is 4.60.